The molecule has 70 valence electrons. The molecule has 5 fully saturated rings. The van der Waals surface area contributed by atoms with Crippen LogP contribution in [0.15, 0.2) is 0 Å². The second-order valence-electron chi connectivity index (χ2n) is 6.01. The molecule has 0 saturated heterocycles. The van der Waals surface area contributed by atoms with Crippen molar-refractivity contribution < 1.29 is 10.2 Å². The third-order valence-electron chi connectivity index (χ3n) is 6.32. The normalized spacial score (nSPS) is 85.4. The Kier molecular flexibility index (Phi) is 0.733. The summed E-state index contributed by atoms with van der Waals surface area (Å²) >= 11 is 0. The molecule has 5 aliphatic rings. The summed E-state index contributed by atoms with van der Waals surface area (Å²) in [6.45, 7) is 0. The van der Waals surface area contributed by atoms with Crippen LogP contribution in [0, 0.1) is 47.3 Å². The lowest BCUT2D eigenvalue weighted by atomic mass is 9.58. The summed E-state index contributed by atoms with van der Waals surface area (Å²) in [6.07, 6.45) is 1.28. The highest BCUT2D eigenvalue weighted by Crippen LogP contribution is 2.82. The van der Waals surface area contributed by atoms with Crippen LogP contribution in [0.25, 0.3) is 0 Å². The first-order valence-electron chi connectivity index (χ1n) is 5.67. The van der Waals surface area contributed by atoms with Gasteiger partial charge in [-0.15, -0.1) is 0 Å². The highest BCUT2D eigenvalue weighted by atomic mass is 16.3. The van der Waals surface area contributed by atoms with E-state index in [4.69, 9.17) is 0 Å². The molecule has 2 heteroatoms. The standard InChI is InChI=1S/C11H14O2/c12-10-6-2-1-3-5-4(2)8(10)9(5)11(13)7(3)6/h2-13H,1H2/t2-,3-,4+,5+,6-,7-,8-,9+,10-,11+/m1/s1. The quantitative estimate of drug-likeness (QED) is 0.552. The summed E-state index contributed by atoms with van der Waals surface area (Å²) in [6, 6.07) is 0. The summed E-state index contributed by atoms with van der Waals surface area (Å²) in [4.78, 5) is 0. The minimum absolute atomic E-state index is 0.0304. The molecule has 0 aromatic carbocycles. The highest BCUT2D eigenvalue weighted by molar-refractivity contribution is 5.30. The Morgan fingerprint density at radius 1 is 0.615 bits per heavy atom. The highest BCUT2D eigenvalue weighted by Gasteiger charge is 2.83. The van der Waals surface area contributed by atoms with E-state index in [1.807, 2.05) is 0 Å². The molecule has 2 N–H and O–H groups in total. The Bertz CT molecular complexity index is 281. The van der Waals surface area contributed by atoms with Crippen LogP contribution in [-0.4, -0.2) is 22.4 Å². The predicted octanol–water partition coefficient (Wildman–Crippen LogP) is 0.0959. The van der Waals surface area contributed by atoms with Crippen LogP contribution in [0.4, 0.5) is 0 Å². The van der Waals surface area contributed by atoms with Crippen molar-refractivity contribution in [2.45, 2.75) is 18.6 Å². The molecular formula is C11H14O2. The lowest BCUT2D eigenvalue weighted by molar-refractivity contribution is -0.109. The second kappa shape index (κ2) is 1.49. The van der Waals surface area contributed by atoms with Gasteiger partial charge >= 0.3 is 0 Å². The molecule has 0 aromatic rings. The van der Waals surface area contributed by atoms with Gasteiger partial charge in [-0.3, -0.25) is 0 Å². The molecule has 0 aromatic heterocycles. The number of rotatable bonds is 0. The van der Waals surface area contributed by atoms with Crippen LogP contribution in [0.1, 0.15) is 6.42 Å². The van der Waals surface area contributed by atoms with Crippen molar-refractivity contribution >= 4 is 0 Å². The molecule has 0 heterocycles. The van der Waals surface area contributed by atoms with Crippen LogP contribution >= 0.6 is 0 Å². The predicted molar refractivity (Wildman–Crippen MR) is 44.6 cm³/mol. The minimum Gasteiger partial charge on any atom is -0.393 e. The van der Waals surface area contributed by atoms with E-state index in [0.29, 0.717) is 23.7 Å². The number of aliphatic hydroxyl groups excluding tert-OH is 2. The Labute approximate surface area is 76.9 Å². The first-order chi connectivity index (χ1) is 6.30. The van der Waals surface area contributed by atoms with Crippen molar-refractivity contribution in [3.8, 4) is 0 Å². The van der Waals surface area contributed by atoms with Gasteiger partial charge in [-0.2, -0.15) is 0 Å². The fourth-order valence-corrected chi connectivity index (χ4v) is 6.44. The molecule has 5 saturated carbocycles. The Morgan fingerprint density at radius 2 is 1.08 bits per heavy atom. The molecule has 2 bridgehead atoms. The summed E-state index contributed by atoms with van der Waals surface area (Å²) in [5.41, 5.74) is 0. The van der Waals surface area contributed by atoms with E-state index >= 15 is 0 Å². The summed E-state index contributed by atoms with van der Waals surface area (Å²) in [5.74, 6) is 5.33. The van der Waals surface area contributed by atoms with Gasteiger partial charge in [-0.25, -0.2) is 0 Å². The second-order valence-corrected chi connectivity index (χ2v) is 6.01. The Hall–Kier alpha value is -0.0800. The summed E-state index contributed by atoms with van der Waals surface area (Å²) < 4.78 is 0. The monoisotopic (exact) mass is 178 g/mol. The lowest BCUT2D eigenvalue weighted by Crippen LogP contribution is -2.51. The maximum Gasteiger partial charge on any atom is 0.0609 e. The maximum atomic E-state index is 10.1. The zero-order valence-corrected chi connectivity index (χ0v) is 7.38. The molecule has 2 nitrogen and oxygen atoms in total. The van der Waals surface area contributed by atoms with E-state index in [1.54, 1.807) is 0 Å². The van der Waals surface area contributed by atoms with Gasteiger partial charge in [0.15, 0.2) is 0 Å². The first kappa shape index (κ1) is 6.41. The molecule has 5 aliphatic carbocycles. The van der Waals surface area contributed by atoms with Crippen LogP contribution < -0.4 is 0 Å². The van der Waals surface area contributed by atoms with Crippen LogP contribution in [-0.2, 0) is 0 Å². The molecule has 0 unspecified atom stereocenters. The molecule has 0 amide bonds. The Balaban J connectivity index is 1.83. The zero-order chi connectivity index (χ0) is 8.48. The van der Waals surface area contributed by atoms with Gasteiger partial charge in [0, 0.05) is 0 Å². The average molecular weight is 178 g/mol. The average Bonchev–Trinajstić information content (AvgIpc) is 2.52. The third kappa shape index (κ3) is 0.375. The SMILES string of the molecule is O[C@@H]1[C@@H]2[C@@H]3[C@H](O)[C@@H]4[C@@H]5C[C@H]([C@H]2[C@H]53)[C@@H]14. The number of fused-ring (bicyclic) bond motifs is 2. The summed E-state index contributed by atoms with van der Waals surface area (Å²) in [5, 5.41) is 20.2. The Morgan fingerprint density at radius 3 is 1.54 bits per heavy atom. The van der Waals surface area contributed by atoms with E-state index in [0.717, 1.165) is 23.7 Å². The topological polar surface area (TPSA) is 40.5 Å². The van der Waals surface area contributed by atoms with Gasteiger partial charge in [0.1, 0.15) is 0 Å². The van der Waals surface area contributed by atoms with Gasteiger partial charge in [-0.1, -0.05) is 0 Å². The molecule has 13 heavy (non-hydrogen) atoms. The smallest absolute Gasteiger partial charge is 0.0609 e. The third-order valence-corrected chi connectivity index (χ3v) is 6.32. The minimum atomic E-state index is -0.0304. The van der Waals surface area contributed by atoms with E-state index in [2.05, 4.69) is 0 Å². The van der Waals surface area contributed by atoms with E-state index < -0.39 is 0 Å². The van der Waals surface area contributed by atoms with Gasteiger partial charge < -0.3 is 10.2 Å². The van der Waals surface area contributed by atoms with Gasteiger partial charge in [0.05, 0.1) is 12.2 Å². The summed E-state index contributed by atoms with van der Waals surface area (Å²) in [7, 11) is 0. The van der Waals surface area contributed by atoms with Crippen molar-refractivity contribution in [1.29, 1.82) is 0 Å². The molecule has 5 rings (SSSR count). The molecular weight excluding hydrogens is 164 g/mol. The van der Waals surface area contributed by atoms with Crippen LogP contribution in [0.3, 0.4) is 0 Å². The van der Waals surface area contributed by atoms with Crippen molar-refractivity contribution in [3.63, 3.8) is 0 Å². The van der Waals surface area contributed by atoms with Crippen LogP contribution in [0.2, 0.25) is 0 Å². The molecule has 10 atom stereocenters. The number of aliphatic hydroxyl groups is 2. The van der Waals surface area contributed by atoms with E-state index in [9.17, 15) is 10.2 Å². The molecule has 0 radical (unpaired) electrons. The van der Waals surface area contributed by atoms with Gasteiger partial charge in [0.2, 0.25) is 0 Å². The van der Waals surface area contributed by atoms with Crippen molar-refractivity contribution in [3.05, 3.63) is 0 Å². The van der Waals surface area contributed by atoms with Crippen LogP contribution in [0.5, 0.6) is 0 Å². The van der Waals surface area contributed by atoms with Crippen molar-refractivity contribution in [2.75, 3.05) is 0 Å². The van der Waals surface area contributed by atoms with Crippen molar-refractivity contribution in [2.24, 2.45) is 47.3 Å². The molecule has 0 aliphatic heterocycles. The zero-order valence-electron chi connectivity index (χ0n) is 7.38. The first-order valence-corrected chi connectivity index (χ1v) is 5.67. The number of hydrogen-bond donors (Lipinski definition) is 2. The van der Waals surface area contributed by atoms with Gasteiger partial charge in [-0.05, 0) is 53.8 Å². The molecule has 0 spiro atoms. The van der Waals surface area contributed by atoms with E-state index in [-0.39, 0.29) is 12.2 Å². The fraction of sp³-hybridized carbons (Fsp3) is 1.00. The fourth-order valence-electron chi connectivity index (χ4n) is 6.44. The largest absolute Gasteiger partial charge is 0.393 e. The van der Waals surface area contributed by atoms with Crippen molar-refractivity contribution in [1.82, 2.24) is 0 Å². The lowest BCUT2D eigenvalue weighted by Gasteiger charge is -2.47. The van der Waals surface area contributed by atoms with Gasteiger partial charge in [0.25, 0.3) is 0 Å². The number of hydrogen-bond acceptors (Lipinski definition) is 2. The van der Waals surface area contributed by atoms with E-state index in [1.165, 1.54) is 6.42 Å². The maximum absolute atomic E-state index is 10.1.